The Morgan fingerprint density at radius 1 is 1.16 bits per heavy atom. The van der Waals surface area contributed by atoms with Crippen LogP contribution in [-0.4, -0.2) is 102 Å². The number of methoxy groups -OCH3 is 1. The Labute approximate surface area is 298 Å². The number of alkyl halides is 1. The number of hydrogen-bond donors (Lipinski definition) is 1. The van der Waals surface area contributed by atoms with Crippen molar-refractivity contribution in [1.82, 2.24) is 30.1 Å². The van der Waals surface area contributed by atoms with Crippen molar-refractivity contribution in [1.29, 1.82) is 5.26 Å². The van der Waals surface area contributed by atoms with E-state index in [1.807, 2.05) is 34.1 Å². The highest BCUT2D eigenvalue weighted by molar-refractivity contribution is 6.32. The van der Waals surface area contributed by atoms with Crippen LogP contribution in [0.4, 0.5) is 14.6 Å². The number of nitriles is 1. The molecule has 1 N–H and O–H groups in total. The van der Waals surface area contributed by atoms with Crippen molar-refractivity contribution in [2.75, 3.05) is 57.8 Å². The Hall–Kier alpha value is -3.92. The highest BCUT2D eigenvalue weighted by Gasteiger charge is 2.31. The number of halogens is 3. The number of fused-ring (bicyclic) bond motifs is 1. The summed E-state index contributed by atoms with van der Waals surface area (Å²) < 4.78 is 33.7. The lowest BCUT2D eigenvalue weighted by Crippen LogP contribution is -2.49. The summed E-state index contributed by atoms with van der Waals surface area (Å²) in [6.07, 6.45) is 9.72. The fraction of sp³-hybridized carbons (Fsp3) is 0.541. The predicted octanol–water partition coefficient (Wildman–Crippen LogP) is 6.30. The van der Waals surface area contributed by atoms with Crippen molar-refractivity contribution in [3.63, 3.8) is 0 Å². The summed E-state index contributed by atoms with van der Waals surface area (Å²) in [5.41, 5.74) is 2.04. The average Bonchev–Trinajstić information content (AvgIpc) is 3.86. The average molecular weight is 709 g/mol. The molecule has 5 heterocycles. The summed E-state index contributed by atoms with van der Waals surface area (Å²) in [6, 6.07) is 8.18. The first-order chi connectivity index (χ1) is 24.2. The lowest BCUT2D eigenvalue weighted by Gasteiger charge is -2.38. The van der Waals surface area contributed by atoms with Crippen LogP contribution in [0.2, 0.25) is 5.02 Å². The number of rotatable bonds is 8. The molecular weight excluding hydrogens is 662 g/mol. The number of carbonyl (C=O) groups is 1. The third-order valence-corrected chi connectivity index (χ3v) is 10.0. The number of ether oxygens (including phenoxy) is 1. The van der Waals surface area contributed by atoms with Gasteiger partial charge in [0.25, 0.3) is 0 Å². The number of amides is 1. The summed E-state index contributed by atoms with van der Waals surface area (Å²) in [5.74, 6) is 0.385. The van der Waals surface area contributed by atoms with Gasteiger partial charge in [0, 0.05) is 81.1 Å². The number of carbonyl (C=O) groups excluding carboxylic acids is 1. The largest absolute Gasteiger partial charge is 0.467 e. The highest BCUT2D eigenvalue weighted by Crippen LogP contribution is 2.48. The van der Waals surface area contributed by atoms with Crippen LogP contribution in [-0.2, 0) is 4.79 Å². The third kappa shape index (κ3) is 8.68. The number of nitrogens with one attached hydrogen (secondary N) is 1. The van der Waals surface area contributed by atoms with E-state index >= 15 is 4.39 Å². The van der Waals surface area contributed by atoms with Gasteiger partial charge in [0.05, 0.1) is 18.6 Å². The van der Waals surface area contributed by atoms with Crippen molar-refractivity contribution >= 4 is 34.2 Å². The zero-order valence-electron chi connectivity index (χ0n) is 29.3. The minimum absolute atomic E-state index is 0.0214. The zero-order valence-corrected chi connectivity index (χ0v) is 30.1. The van der Waals surface area contributed by atoms with Gasteiger partial charge in [0.15, 0.2) is 5.82 Å². The topological polar surface area (TPSA) is 111 Å². The number of aromatic nitrogens is 3. The molecule has 3 atom stereocenters. The van der Waals surface area contributed by atoms with Gasteiger partial charge in [-0.15, -0.1) is 0 Å². The van der Waals surface area contributed by atoms with Crippen molar-refractivity contribution in [3.8, 4) is 23.3 Å². The van der Waals surface area contributed by atoms with Crippen LogP contribution in [0.1, 0.15) is 64.4 Å². The molecule has 3 aromatic rings. The van der Waals surface area contributed by atoms with Crippen LogP contribution in [0.15, 0.2) is 36.5 Å². The Kier molecular flexibility index (Phi) is 12.9. The first-order valence-corrected chi connectivity index (χ1v) is 17.9. The van der Waals surface area contributed by atoms with Crippen LogP contribution in [0.3, 0.4) is 0 Å². The molecule has 4 fully saturated rings. The predicted molar refractivity (Wildman–Crippen MR) is 193 cm³/mol. The normalized spacial score (nSPS) is 21.9. The molecule has 2 aromatic heterocycles. The maximum absolute atomic E-state index is 16.1. The van der Waals surface area contributed by atoms with Gasteiger partial charge >= 0.3 is 6.01 Å². The van der Waals surface area contributed by atoms with Crippen molar-refractivity contribution in [2.45, 2.75) is 77.0 Å². The molecule has 0 bridgehead atoms. The van der Waals surface area contributed by atoms with Gasteiger partial charge in [-0.2, -0.15) is 15.2 Å². The van der Waals surface area contributed by atoms with Gasteiger partial charge < -0.3 is 19.9 Å². The Morgan fingerprint density at radius 2 is 1.90 bits per heavy atom. The van der Waals surface area contributed by atoms with E-state index in [2.05, 4.69) is 39.0 Å². The lowest BCUT2D eigenvalue weighted by atomic mass is 9.99. The van der Waals surface area contributed by atoms with E-state index in [1.165, 1.54) is 14.0 Å². The standard InChI is InChI=1S/C29H32ClFN6O2.C6H12FN.C2H3N/c1-3-35-12-11-19(35)9-10-23(38)36-13-15-37(16-14-36)28-21-17-32-26(25(31)27(21)33-29(34-28)39-2)20-5-4-6-22(30)24(20)18-7-8-18;1-2-6-3-5(7)4-8-6;1-2-3/h4-6,9-10,17-19H,3,7-8,11-16H2,1-2H3;5-6,8H,2-4H2,1H3;1H3/b10-9+;;. The number of nitrogens with zero attached hydrogens (tertiary/aromatic N) is 7. The first-order valence-electron chi connectivity index (χ1n) is 17.6. The van der Waals surface area contributed by atoms with Gasteiger partial charge in [-0.1, -0.05) is 43.7 Å². The fourth-order valence-corrected chi connectivity index (χ4v) is 6.99. The smallest absolute Gasteiger partial charge is 0.318 e. The number of benzene rings is 1. The minimum atomic E-state index is -0.583. The number of pyridine rings is 1. The Morgan fingerprint density at radius 3 is 2.46 bits per heavy atom. The molecule has 1 amide bonds. The second kappa shape index (κ2) is 17.3. The van der Waals surface area contributed by atoms with Gasteiger partial charge in [-0.05, 0) is 56.2 Å². The molecule has 1 aromatic carbocycles. The van der Waals surface area contributed by atoms with Crippen molar-refractivity contribution in [3.05, 3.63) is 53.0 Å². The molecule has 13 heteroatoms. The van der Waals surface area contributed by atoms with Crippen LogP contribution >= 0.6 is 11.6 Å². The molecule has 1 saturated carbocycles. The van der Waals surface area contributed by atoms with Crippen LogP contribution in [0.5, 0.6) is 6.01 Å². The van der Waals surface area contributed by atoms with E-state index in [0.717, 1.165) is 50.8 Å². The maximum Gasteiger partial charge on any atom is 0.318 e. The van der Waals surface area contributed by atoms with E-state index < -0.39 is 12.0 Å². The number of likely N-dealkylation sites (tertiary alicyclic amines) is 1. The summed E-state index contributed by atoms with van der Waals surface area (Å²) in [4.78, 5) is 32.5. The Bertz CT molecular complexity index is 1700. The molecule has 268 valence electrons. The van der Waals surface area contributed by atoms with Crippen molar-refractivity contribution in [2.24, 2.45) is 0 Å². The van der Waals surface area contributed by atoms with E-state index in [-0.39, 0.29) is 23.1 Å². The van der Waals surface area contributed by atoms with Crippen molar-refractivity contribution < 1.29 is 18.3 Å². The van der Waals surface area contributed by atoms with Crippen LogP contribution in [0, 0.1) is 17.1 Å². The fourth-order valence-electron chi connectivity index (χ4n) is 6.66. The Balaban J connectivity index is 0.000000381. The van der Waals surface area contributed by atoms with Gasteiger partial charge in [-0.3, -0.25) is 14.7 Å². The molecular formula is C37H47ClF2N8O2. The van der Waals surface area contributed by atoms with E-state index in [1.54, 1.807) is 18.3 Å². The molecule has 3 unspecified atom stereocenters. The molecule has 0 radical (unpaired) electrons. The van der Waals surface area contributed by atoms with E-state index in [0.29, 0.717) is 72.5 Å². The lowest BCUT2D eigenvalue weighted by molar-refractivity contribution is -0.126. The monoisotopic (exact) mass is 708 g/mol. The van der Waals surface area contributed by atoms with E-state index in [9.17, 15) is 9.18 Å². The number of likely N-dealkylation sites (N-methyl/N-ethyl adjacent to an activating group) is 1. The van der Waals surface area contributed by atoms with Gasteiger partial charge in [0.1, 0.15) is 23.2 Å². The molecule has 3 aliphatic heterocycles. The summed E-state index contributed by atoms with van der Waals surface area (Å²) in [7, 11) is 1.47. The first kappa shape index (κ1) is 37.3. The molecule has 10 nitrogen and oxygen atoms in total. The van der Waals surface area contributed by atoms with Gasteiger partial charge in [-0.25, -0.2) is 8.78 Å². The third-order valence-electron chi connectivity index (χ3n) is 9.72. The zero-order chi connectivity index (χ0) is 35.8. The summed E-state index contributed by atoms with van der Waals surface area (Å²) in [5, 5.41) is 11.5. The molecule has 50 heavy (non-hydrogen) atoms. The van der Waals surface area contributed by atoms with Gasteiger partial charge in [0.2, 0.25) is 5.91 Å². The maximum atomic E-state index is 16.1. The van der Waals surface area contributed by atoms with E-state index in [4.69, 9.17) is 21.6 Å². The summed E-state index contributed by atoms with van der Waals surface area (Å²) >= 11 is 6.52. The second-order valence-corrected chi connectivity index (χ2v) is 13.3. The molecule has 3 saturated heterocycles. The minimum Gasteiger partial charge on any atom is -0.467 e. The highest BCUT2D eigenvalue weighted by atomic mass is 35.5. The van der Waals surface area contributed by atoms with Crippen LogP contribution < -0.4 is 15.0 Å². The SMILES string of the molecule is CC#N.CCC1CC(F)CN1.CCN1CCC1/C=C/C(=O)N1CCN(c2nc(OC)nc3c(F)c(-c4cccc(Cl)c4C4CC4)ncc23)CC1. The number of piperazine rings is 1. The molecule has 7 rings (SSSR count). The molecule has 0 spiro atoms. The molecule has 4 aliphatic rings. The number of hydrogen-bond acceptors (Lipinski definition) is 9. The van der Waals surface area contributed by atoms with Crippen LogP contribution in [0.25, 0.3) is 22.2 Å². The summed E-state index contributed by atoms with van der Waals surface area (Å²) in [6.45, 7) is 10.5. The number of anilines is 1. The second-order valence-electron chi connectivity index (χ2n) is 12.9. The quantitative estimate of drug-likeness (QED) is 0.270. The molecule has 1 aliphatic carbocycles.